The number of amides is 1. The van der Waals surface area contributed by atoms with Crippen LogP contribution >= 0.6 is 0 Å². The quantitative estimate of drug-likeness (QED) is 0.407. The van der Waals surface area contributed by atoms with Gasteiger partial charge in [-0.2, -0.15) is 4.72 Å². The summed E-state index contributed by atoms with van der Waals surface area (Å²) < 4.78 is 33.8. The number of likely N-dealkylation sites (N-methyl/N-ethyl adjacent to an activating group) is 1. The zero-order valence-electron chi connectivity index (χ0n) is 17.4. The van der Waals surface area contributed by atoms with Crippen LogP contribution in [-0.2, 0) is 14.8 Å². The van der Waals surface area contributed by atoms with Crippen molar-refractivity contribution in [2.45, 2.75) is 55.9 Å². The SMILES string of the molecule is CCC(NS(=O)(=O)c1ccc2c(c1)N(C)CCO2)C(=O)NC(CC1CCC1)B(O)O. The van der Waals surface area contributed by atoms with E-state index >= 15 is 0 Å². The fourth-order valence-corrected chi connectivity index (χ4v) is 5.00. The summed E-state index contributed by atoms with van der Waals surface area (Å²) in [4.78, 5) is 14.6. The number of nitrogens with zero attached hydrogens (tertiary/aromatic N) is 1. The monoisotopic (exact) mass is 439 g/mol. The van der Waals surface area contributed by atoms with Gasteiger partial charge in [0.05, 0.1) is 23.1 Å². The van der Waals surface area contributed by atoms with Crippen molar-refractivity contribution in [1.29, 1.82) is 0 Å². The van der Waals surface area contributed by atoms with Crippen LogP contribution in [0.15, 0.2) is 23.1 Å². The van der Waals surface area contributed by atoms with Crippen LogP contribution in [0.4, 0.5) is 5.69 Å². The van der Waals surface area contributed by atoms with Gasteiger partial charge >= 0.3 is 7.12 Å². The lowest BCUT2D eigenvalue weighted by Crippen LogP contribution is -2.54. The summed E-state index contributed by atoms with van der Waals surface area (Å²) in [5, 5.41) is 21.8. The van der Waals surface area contributed by atoms with Crippen LogP contribution in [0.5, 0.6) is 5.75 Å². The summed E-state index contributed by atoms with van der Waals surface area (Å²) in [5.74, 6) is -0.431. The number of sulfonamides is 1. The molecule has 30 heavy (non-hydrogen) atoms. The van der Waals surface area contributed by atoms with Crippen LogP contribution < -0.4 is 19.7 Å². The molecule has 1 amide bonds. The molecule has 9 nitrogen and oxygen atoms in total. The van der Waals surface area contributed by atoms with Gasteiger partial charge in [-0.15, -0.1) is 0 Å². The standard InChI is InChI=1S/C19H30BN3O6S/c1-3-15(19(24)21-18(20(25)26)11-13-5-4-6-13)22-30(27,28)14-7-8-17-16(12-14)23(2)9-10-29-17/h7-8,12-13,15,18,22,25-26H,3-6,9-11H2,1-2H3,(H,21,24). The first-order valence-electron chi connectivity index (χ1n) is 10.4. The van der Waals surface area contributed by atoms with Crippen molar-refractivity contribution in [2.75, 3.05) is 25.1 Å². The van der Waals surface area contributed by atoms with E-state index in [1.165, 1.54) is 12.1 Å². The Morgan fingerprint density at radius 1 is 1.37 bits per heavy atom. The third-order valence-electron chi connectivity index (χ3n) is 5.86. The molecule has 2 atom stereocenters. The second kappa shape index (κ2) is 9.55. The molecule has 0 aromatic heterocycles. The zero-order chi connectivity index (χ0) is 21.9. The van der Waals surface area contributed by atoms with Crippen molar-refractivity contribution in [3.8, 4) is 5.75 Å². The molecule has 1 saturated carbocycles. The van der Waals surface area contributed by atoms with Gasteiger partial charge in [-0.25, -0.2) is 8.42 Å². The summed E-state index contributed by atoms with van der Waals surface area (Å²) in [5.41, 5.74) is 0.672. The highest BCUT2D eigenvalue weighted by molar-refractivity contribution is 7.89. The Hall–Kier alpha value is -1.82. The Bertz CT molecular complexity index is 862. The summed E-state index contributed by atoms with van der Waals surface area (Å²) in [6.07, 6.45) is 3.78. The fourth-order valence-electron chi connectivity index (χ4n) is 3.70. The van der Waals surface area contributed by atoms with Crippen molar-refractivity contribution in [1.82, 2.24) is 10.0 Å². The van der Waals surface area contributed by atoms with Crippen molar-refractivity contribution >= 4 is 28.7 Å². The number of fused-ring (bicyclic) bond motifs is 1. The predicted octanol–water partition coefficient (Wildman–Crippen LogP) is 0.259. The largest absolute Gasteiger partial charge is 0.490 e. The van der Waals surface area contributed by atoms with Crippen molar-refractivity contribution in [3.05, 3.63) is 18.2 Å². The van der Waals surface area contributed by atoms with E-state index in [9.17, 15) is 23.3 Å². The van der Waals surface area contributed by atoms with Crippen molar-refractivity contribution in [3.63, 3.8) is 0 Å². The van der Waals surface area contributed by atoms with Crippen LogP contribution in [0.2, 0.25) is 0 Å². The molecular weight excluding hydrogens is 409 g/mol. The van der Waals surface area contributed by atoms with Crippen LogP contribution in [0, 0.1) is 5.92 Å². The Kier molecular flexibility index (Phi) is 7.28. The molecule has 2 aliphatic rings. The third kappa shape index (κ3) is 5.26. The zero-order valence-corrected chi connectivity index (χ0v) is 18.2. The molecule has 4 N–H and O–H groups in total. The summed E-state index contributed by atoms with van der Waals surface area (Å²) in [6.45, 7) is 2.87. The van der Waals surface area contributed by atoms with Gasteiger partial charge in [0.2, 0.25) is 15.9 Å². The van der Waals surface area contributed by atoms with E-state index in [0.717, 1.165) is 19.3 Å². The molecule has 1 fully saturated rings. The first-order chi connectivity index (χ1) is 14.2. The minimum atomic E-state index is -3.96. The topological polar surface area (TPSA) is 128 Å². The Morgan fingerprint density at radius 3 is 2.70 bits per heavy atom. The number of rotatable bonds is 9. The fraction of sp³-hybridized carbons (Fsp3) is 0.632. The Balaban J connectivity index is 1.70. The van der Waals surface area contributed by atoms with Gasteiger partial charge in [0.1, 0.15) is 18.4 Å². The van der Waals surface area contributed by atoms with E-state index in [-0.39, 0.29) is 11.3 Å². The van der Waals surface area contributed by atoms with Crippen LogP contribution in [0.3, 0.4) is 0 Å². The van der Waals surface area contributed by atoms with Gasteiger partial charge in [0, 0.05) is 7.05 Å². The third-order valence-corrected chi connectivity index (χ3v) is 7.33. The maximum absolute atomic E-state index is 12.9. The number of nitrogens with one attached hydrogen (secondary N) is 2. The predicted molar refractivity (Wildman–Crippen MR) is 114 cm³/mol. The summed E-state index contributed by atoms with van der Waals surface area (Å²) in [7, 11) is -3.80. The van der Waals surface area contributed by atoms with E-state index in [0.29, 0.717) is 36.9 Å². The Morgan fingerprint density at radius 2 is 2.10 bits per heavy atom. The minimum absolute atomic E-state index is 0.0399. The van der Waals surface area contributed by atoms with Gasteiger partial charge in [-0.1, -0.05) is 26.2 Å². The Labute approximate surface area is 178 Å². The number of hydrogen-bond donors (Lipinski definition) is 4. The molecule has 1 aromatic carbocycles. The highest BCUT2D eigenvalue weighted by Crippen LogP contribution is 2.33. The molecular formula is C19H30BN3O6S. The molecule has 1 aliphatic heterocycles. The number of carbonyl (C=O) groups is 1. The molecule has 3 rings (SSSR count). The van der Waals surface area contributed by atoms with Gasteiger partial charge in [0.25, 0.3) is 0 Å². The van der Waals surface area contributed by atoms with Crippen LogP contribution in [-0.4, -0.2) is 63.7 Å². The van der Waals surface area contributed by atoms with Crippen molar-refractivity contribution < 1.29 is 28.0 Å². The van der Waals surface area contributed by atoms with Crippen molar-refractivity contribution in [2.24, 2.45) is 5.92 Å². The molecule has 1 aromatic rings. The van der Waals surface area contributed by atoms with Gasteiger partial charge in [0.15, 0.2) is 0 Å². The molecule has 11 heteroatoms. The molecule has 166 valence electrons. The lowest BCUT2D eigenvalue weighted by Gasteiger charge is -2.30. The first kappa shape index (κ1) is 22.9. The molecule has 0 spiro atoms. The van der Waals surface area contributed by atoms with Crippen LogP contribution in [0.25, 0.3) is 0 Å². The summed E-state index contributed by atoms with van der Waals surface area (Å²) in [6, 6.07) is 3.56. The lowest BCUT2D eigenvalue weighted by atomic mass is 9.70. The molecule has 0 bridgehead atoms. The normalized spacial score (nSPS) is 18.6. The van der Waals surface area contributed by atoms with E-state index < -0.39 is 35.0 Å². The van der Waals surface area contributed by atoms with Crippen LogP contribution in [0.1, 0.15) is 39.0 Å². The second-order valence-corrected chi connectivity index (χ2v) is 9.76. The number of ether oxygens (including phenoxy) is 1. The molecule has 0 radical (unpaired) electrons. The first-order valence-corrected chi connectivity index (χ1v) is 11.9. The number of anilines is 1. The van der Waals surface area contributed by atoms with E-state index in [4.69, 9.17) is 4.74 Å². The summed E-state index contributed by atoms with van der Waals surface area (Å²) >= 11 is 0. The maximum atomic E-state index is 12.9. The van der Waals surface area contributed by atoms with E-state index in [2.05, 4.69) is 10.0 Å². The van der Waals surface area contributed by atoms with E-state index in [1.54, 1.807) is 13.0 Å². The smallest absolute Gasteiger partial charge is 0.475 e. The van der Waals surface area contributed by atoms with Gasteiger partial charge in [-0.3, -0.25) is 4.79 Å². The highest BCUT2D eigenvalue weighted by Gasteiger charge is 2.33. The highest BCUT2D eigenvalue weighted by atomic mass is 32.2. The average Bonchev–Trinajstić information content (AvgIpc) is 2.67. The van der Waals surface area contributed by atoms with Gasteiger partial charge < -0.3 is 25.0 Å². The number of carbonyl (C=O) groups excluding carboxylic acids is 1. The number of benzene rings is 1. The molecule has 2 unspecified atom stereocenters. The second-order valence-electron chi connectivity index (χ2n) is 8.04. The van der Waals surface area contributed by atoms with Gasteiger partial charge in [-0.05, 0) is 37.0 Å². The molecule has 1 aliphatic carbocycles. The maximum Gasteiger partial charge on any atom is 0.475 e. The lowest BCUT2D eigenvalue weighted by molar-refractivity contribution is -0.123. The molecule has 0 saturated heterocycles. The number of hydrogen-bond acceptors (Lipinski definition) is 7. The molecule has 1 heterocycles. The minimum Gasteiger partial charge on any atom is -0.490 e. The average molecular weight is 439 g/mol. The van der Waals surface area contributed by atoms with E-state index in [1.807, 2.05) is 11.9 Å².